The molecule has 2 heterocycles. The van der Waals surface area contributed by atoms with Gasteiger partial charge in [0.2, 0.25) is 0 Å². The molecule has 0 saturated carbocycles. The summed E-state index contributed by atoms with van der Waals surface area (Å²) >= 11 is 1.43. The van der Waals surface area contributed by atoms with Crippen molar-refractivity contribution in [3.05, 3.63) is 90.0 Å². The lowest BCUT2D eigenvalue weighted by Gasteiger charge is -2.08. The van der Waals surface area contributed by atoms with E-state index in [1.54, 1.807) is 30.3 Å². The van der Waals surface area contributed by atoms with Gasteiger partial charge in [-0.2, -0.15) is 0 Å². The first-order valence-corrected chi connectivity index (χ1v) is 11.0. The van der Waals surface area contributed by atoms with Gasteiger partial charge in [-0.3, -0.25) is 4.79 Å². The van der Waals surface area contributed by atoms with Gasteiger partial charge in [0.05, 0.1) is 18.5 Å². The van der Waals surface area contributed by atoms with Crippen molar-refractivity contribution in [1.29, 1.82) is 0 Å². The van der Waals surface area contributed by atoms with Crippen molar-refractivity contribution in [3.8, 4) is 11.4 Å². The Morgan fingerprint density at radius 3 is 2.50 bits per heavy atom. The van der Waals surface area contributed by atoms with Crippen LogP contribution < -0.4 is 10.1 Å². The van der Waals surface area contributed by atoms with E-state index in [1.165, 1.54) is 11.8 Å². The molecule has 2 aromatic carbocycles. The Morgan fingerprint density at radius 2 is 1.78 bits per heavy atom. The Bertz CT molecular complexity index is 1150. The van der Waals surface area contributed by atoms with Crippen LogP contribution in [0.1, 0.15) is 21.7 Å². The Morgan fingerprint density at radius 1 is 1.03 bits per heavy atom. The molecule has 1 N–H and O–H groups in total. The molecule has 4 aromatic rings. The highest BCUT2D eigenvalue weighted by Gasteiger charge is 2.21. The van der Waals surface area contributed by atoms with Crippen LogP contribution in [0.5, 0.6) is 5.75 Å². The van der Waals surface area contributed by atoms with Gasteiger partial charge < -0.3 is 10.1 Å². The van der Waals surface area contributed by atoms with Crippen LogP contribution >= 0.6 is 11.8 Å². The average molecular weight is 447 g/mol. The maximum atomic E-state index is 12.9. The summed E-state index contributed by atoms with van der Waals surface area (Å²) in [6.07, 6.45) is 4.08. The highest BCUT2D eigenvalue weighted by atomic mass is 32.2. The summed E-state index contributed by atoms with van der Waals surface area (Å²) in [6.45, 7) is 0.484. The van der Waals surface area contributed by atoms with Crippen LogP contribution in [0.25, 0.3) is 5.69 Å². The molecule has 162 valence electrons. The number of nitrogens with zero attached hydrogens (tertiary/aromatic N) is 5. The molecule has 0 fully saturated rings. The molecule has 0 unspecified atom stereocenters. The van der Waals surface area contributed by atoms with Crippen molar-refractivity contribution in [2.75, 3.05) is 13.7 Å². The van der Waals surface area contributed by atoms with E-state index >= 15 is 0 Å². The smallest absolute Gasteiger partial charge is 0.273 e. The first kappa shape index (κ1) is 21.5. The van der Waals surface area contributed by atoms with Gasteiger partial charge in [-0.1, -0.05) is 47.3 Å². The van der Waals surface area contributed by atoms with Crippen molar-refractivity contribution in [2.45, 2.75) is 17.3 Å². The second kappa shape index (κ2) is 10.5. The molecule has 8 nitrogen and oxygen atoms in total. The van der Waals surface area contributed by atoms with Crippen molar-refractivity contribution < 1.29 is 9.53 Å². The van der Waals surface area contributed by atoms with Gasteiger partial charge in [0, 0.05) is 24.7 Å². The Balaban J connectivity index is 1.48. The van der Waals surface area contributed by atoms with Crippen molar-refractivity contribution >= 4 is 17.7 Å². The minimum absolute atomic E-state index is 0.259. The second-order valence-electron chi connectivity index (χ2n) is 6.81. The van der Waals surface area contributed by atoms with Gasteiger partial charge in [-0.25, -0.2) is 14.6 Å². The molecule has 1 amide bonds. The first-order chi connectivity index (χ1) is 15.7. The molecule has 0 bridgehead atoms. The Kier molecular flexibility index (Phi) is 7.08. The summed E-state index contributed by atoms with van der Waals surface area (Å²) in [6, 6.07) is 19.2. The van der Waals surface area contributed by atoms with Gasteiger partial charge in [0.1, 0.15) is 5.75 Å². The number of methoxy groups -OCH3 is 1. The van der Waals surface area contributed by atoms with E-state index in [4.69, 9.17) is 4.74 Å². The zero-order valence-electron chi connectivity index (χ0n) is 17.5. The fourth-order valence-electron chi connectivity index (χ4n) is 3.07. The lowest BCUT2D eigenvalue weighted by Crippen LogP contribution is -2.27. The van der Waals surface area contributed by atoms with E-state index in [9.17, 15) is 4.79 Å². The van der Waals surface area contributed by atoms with E-state index in [0.717, 1.165) is 17.0 Å². The van der Waals surface area contributed by atoms with Gasteiger partial charge in [-0.15, -0.1) is 5.10 Å². The summed E-state index contributed by atoms with van der Waals surface area (Å²) in [4.78, 5) is 21.4. The number of nitrogens with one attached hydrogen (secondary N) is 1. The molecule has 0 atom stereocenters. The molecule has 0 aliphatic heterocycles. The maximum absolute atomic E-state index is 12.9. The molecule has 2 aromatic heterocycles. The predicted molar refractivity (Wildman–Crippen MR) is 122 cm³/mol. The summed E-state index contributed by atoms with van der Waals surface area (Å²) < 4.78 is 6.87. The van der Waals surface area contributed by atoms with E-state index in [2.05, 4.69) is 25.6 Å². The Labute approximate surface area is 190 Å². The number of benzene rings is 2. The van der Waals surface area contributed by atoms with Gasteiger partial charge in [0.15, 0.2) is 10.9 Å². The third-order valence-electron chi connectivity index (χ3n) is 4.72. The van der Waals surface area contributed by atoms with Crippen LogP contribution in [0.4, 0.5) is 0 Å². The average Bonchev–Trinajstić information content (AvgIpc) is 3.28. The van der Waals surface area contributed by atoms with Gasteiger partial charge in [-0.05, 0) is 42.3 Å². The molecule has 0 radical (unpaired) electrons. The Hall–Kier alpha value is -3.72. The number of ether oxygens (including phenoxy) is 1. The number of hydrogen-bond donors (Lipinski definition) is 1. The number of thioether (sulfide) groups is 1. The monoisotopic (exact) mass is 446 g/mol. The van der Waals surface area contributed by atoms with E-state index < -0.39 is 0 Å². The van der Waals surface area contributed by atoms with Crippen LogP contribution in [0.15, 0.2) is 78.2 Å². The molecule has 4 rings (SSSR count). The van der Waals surface area contributed by atoms with Gasteiger partial charge >= 0.3 is 0 Å². The van der Waals surface area contributed by atoms with E-state index in [1.807, 2.05) is 54.6 Å². The largest absolute Gasteiger partial charge is 0.497 e. The highest BCUT2D eigenvalue weighted by molar-refractivity contribution is 7.98. The molecular weight excluding hydrogens is 424 g/mol. The molecule has 9 heteroatoms. The number of carbonyl (C=O) groups is 1. The van der Waals surface area contributed by atoms with Crippen molar-refractivity contribution in [1.82, 2.24) is 30.3 Å². The van der Waals surface area contributed by atoms with Crippen LogP contribution in [-0.2, 0) is 12.2 Å². The number of para-hydroxylation sites is 1. The number of amides is 1. The highest BCUT2D eigenvalue weighted by Crippen LogP contribution is 2.22. The van der Waals surface area contributed by atoms with Crippen LogP contribution in [0.2, 0.25) is 0 Å². The standard InChI is InChI=1S/C23H22N6O2S/c1-31-19-10-8-17(9-11-19)12-15-24-22(30)21-20(16-32-23-25-13-5-14-26-23)29(28-27-21)18-6-3-2-4-7-18/h2-11,13-14H,12,15-16H2,1H3,(H,24,30). The number of carbonyl (C=O) groups excluding carboxylic acids is 1. The maximum Gasteiger partial charge on any atom is 0.273 e. The fourth-order valence-corrected chi connectivity index (χ4v) is 3.87. The zero-order valence-corrected chi connectivity index (χ0v) is 18.3. The number of aromatic nitrogens is 5. The number of rotatable bonds is 9. The predicted octanol–water partition coefficient (Wildman–Crippen LogP) is 3.33. The fraction of sp³-hybridized carbons (Fsp3) is 0.174. The molecule has 0 spiro atoms. The molecular formula is C23H22N6O2S. The van der Waals surface area contributed by atoms with Crippen LogP contribution in [0.3, 0.4) is 0 Å². The quantitative estimate of drug-likeness (QED) is 0.311. The minimum atomic E-state index is -0.259. The third kappa shape index (κ3) is 5.30. The third-order valence-corrected chi connectivity index (χ3v) is 5.60. The van der Waals surface area contributed by atoms with Crippen molar-refractivity contribution in [2.24, 2.45) is 0 Å². The summed E-state index contributed by atoms with van der Waals surface area (Å²) in [5.41, 5.74) is 2.93. The van der Waals surface area contributed by atoms with E-state index in [-0.39, 0.29) is 5.91 Å². The van der Waals surface area contributed by atoms with Gasteiger partial charge in [0.25, 0.3) is 5.91 Å². The molecule has 0 saturated heterocycles. The molecule has 32 heavy (non-hydrogen) atoms. The summed E-state index contributed by atoms with van der Waals surface area (Å²) in [7, 11) is 1.64. The van der Waals surface area contributed by atoms with Crippen LogP contribution in [0, 0.1) is 0 Å². The first-order valence-electron chi connectivity index (χ1n) is 10.1. The number of hydrogen-bond acceptors (Lipinski definition) is 7. The normalized spacial score (nSPS) is 10.7. The molecule has 0 aliphatic carbocycles. The lowest BCUT2D eigenvalue weighted by atomic mass is 10.1. The summed E-state index contributed by atoms with van der Waals surface area (Å²) in [5.74, 6) is 0.998. The topological polar surface area (TPSA) is 94.8 Å². The SMILES string of the molecule is COc1ccc(CCNC(=O)c2nnn(-c3ccccc3)c2CSc2ncccn2)cc1. The summed E-state index contributed by atoms with van der Waals surface area (Å²) in [5, 5.41) is 12.0. The zero-order chi connectivity index (χ0) is 22.2. The lowest BCUT2D eigenvalue weighted by molar-refractivity contribution is 0.0948. The molecule has 0 aliphatic rings. The second-order valence-corrected chi connectivity index (χ2v) is 7.75. The minimum Gasteiger partial charge on any atom is -0.497 e. The van der Waals surface area contributed by atoms with Crippen molar-refractivity contribution in [3.63, 3.8) is 0 Å². The van der Waals surface area contributed by atoms with Crippen LogP contribution in [-0.4, -0.2) is 44.5 Å². The van der Waals surface area contributed by atoms with E-state index in [0.29, 0.717) is 35.3 Å².